The number of rotatable bonds is 1. The van der Waals surface area contributed by atoms with Crippen molar-refractivity contribution in [2.75, 3.05) is 10.5 Å². The quantitative estimate of drug-likeness (QED) is 0.657. The van der Waals surface area contributed by atoms with E-state index in [4.69, 9.17) is 17.3 Å². The molecule has 0 aliphatic carbocycles. The van der Waals surface area contributed by atoms with Crippen LogP contribution in [-0.2, 0) is 0 Å². The van der Waals surface area contributed by atoms with Crippen LogP contribution in [0.25, 0.3) is 10.1 Å². The molecule has 1 aromatic carbocycles. The third-order valence-electron chi connectivity index (χ3n) is 1.80. The summed E-state index contributed by atoms with van der Waals surface area (Å²) in [5.74, 6) is 0. The zero-order chi connectivity index (χ0) is 9.42. The Hall–Kier alpha value is -0.580. The van der Waals surface area contributed by atoms with Crippen molar-refractivity contribution in [1.29, 1.82) is 0 Å². The topological polar surface area (TPSA) is 38.0 Å². The molecule has 13 heavy (non-hydrogen) atoms. The van der Waals surface area contributed by atoms with Gasteiger partial charge in [0.15, 0.2) is 0 Å². The summed E-state index contributed by atoms with van der Waals surface area (Å²) in [6.07, 6.45) is 0. The van der Waals surface area contributed by atoms with E-state index >= 15 is 0 Å². The van der Waals surface area contributed by atoms with E-state index < -0.39 is 0 Å². The van der Waals surface area contributed by atoms with Gasteiger partial charge in [-0.3, -0.25) is 0 Å². The second kappa shape index (κ2) is 3.29. The molecule has 2 rings (SSSR count). The van der Waals surface area contributed by atoms with E-state index in [1.165, 1.54) is 0 Å². The second-order valence-corrected chi connectivity index (χ2v) is 4.25. The fourth-order valence-electron chi connectivity index (χ4n) is 1.21. The van der Waals surface area contributed by atoms with Gasteiger partial charge < -0.3 is 10.5 Å². The van der Waals surface area contributed by atoms with Crippen LogP contribution >= 0.6 is 35.8 Å². The molecule has 0 aliphatic heterocycles. The maximum absolute atomic E-state index is 6.01. The highest BCUT2D eigenvalue weighted by atomic mass is 35.5. The van der Waals surface area contributed by atoms with E-state index in [0.29, 0.717) is 10.7 Å². The van der Waals surface area contributed by atoms with Crippen LogP contribution in [0.15, 0.2) is 18.2 Å². The minimum Gasteiger partial charge on any atom is -0.396 e. The van der Waals surface area contributed by atoms with Gasteiger partial charge in [-0.1, -0.05) is 30.5 Å². The first-order chi connectivity index (χ1) is 6.24. The molecule has 0 saturated carbocycles. The lowest BCUT2D eigenvalue weighted by atomic mass is 10.2. The molecule has 0 fully saturated rings. The van der Waals surface area contributed by atoms with E-state index in [0.717, 1.165) is 15.1 Å². The number of nitrogens with two attached hydrogens (primary N) is 1. The molecule has 2 aromatic rings. The van der Waals surface area contributed by atoms with Crippen molar-refractivity contribution in [2.24, 2.45) is 0 Å². The normalized spacial score (nSPS) is 10.6. The third-order valence-corrected chi connectivity index (χ3v) is 3.58. The zero-order valence-corrected chi connectivity index (χ0v) is 9.01. The van der Waals surface area contributed by atoms with Gasteiger partial charge in [-0.25, -0.2) is 0 Å². The second-order valence-electron chi connectivity index (χ2n) is 2.57. The van der Waals surface area contributed by atoms with Gasteiger partial charge in [0.05, 0.1) is 10.7 Å². The van der Waals surface area contributed by atoms with Crippen molar-refractivity contribution < 1.29 is 0 Å². The van der Waals surface area contributed by atoms with Gasteiger partial charge >= 0.3 is 0 Å². The third kappa shape index (κ3) is 1.35. The molecule has 0 amide bonds. The minimum absolute atomic E-state index is 0.667. The molecule has 5 heteroatoms. The summed E-state index contributed by atoms with van der Waals surface area (Å²) < 4.78 is 3.81. The van der Waals surface area contributed by atoms with Crippen molar-refractivity contribution in [3.05, 3.63) is 23.2 Å². The van der Waals surface area contributed by atoms with Gasteiger partial charge in [0.1, 0.15) is 5.00 Å². The van der Waals surface area contributed by atoms with Crippen molar-refractivity contribution in [3.8, 4) is 0 Å². The van der Waals surface area contributed by atoms with Crippen LogP contribution < -0.4 is 10.5 Å². The van der Waals surface area contributed by atoms with Crippen LogP contribution in [0.2, 0.25) is 5.02 Å². The van der Waals surface area contributed by atoms with Crippen LogP contribution in [0.1, 0.15) is 0 Å². The number of fused-ring (bicyclic) bond motifs is 1. The molecule has 68 valence electrons. The Balaban J connectivity index is 2.85. The van der Waals surface area contributed by atoms with Gasteiger partial charge in [0.2, 0.25) is 0 Å². The van der Waals surface area contributed by atoms with Crippen LogP contribution in [0.4, 0.5) is 10.7 Å². The Morgan fingerprint density at radius 1 is 1.46 bits per heavy atom. The molecule has 0 saturated heterocycles. The van der Waals surface area contributed by atoms with E-state index in [2.05, 4.69) is 17.5 Å². The Labute approximate surface area is 90.2 Å². The molecule has 1 aromatic heterocycles. The summed E-state index contributed by atoms with van der Waals surface area (Å²) in [4.78, 5) is 0. The van der Waals surface area contributed by atoms with Crippen molar-refractivity contribution >= 4 is 56.5 Å². The van der Waals surface area contributed by atoms with E-state index in [1.54, 1.807) is 11.3 Å². The number of hydrogen-bond donors (Lipinski definition) is 3. The van der Waals surface area contributed by atoms with Gasteiger partial charge in [-0.05, 0) is 12.1 Å². The molecule has 0 bridgehead atoms. The molecule has 3 N–H and O–H groups in total. The standard InChI is InChI=1S/C8H7ClN2S2/c9-4-2-1-3-5-6(4)7(10)8(11-12)13-5/h1-3,11-12H,10H2. The Kier molecular flexibility index (Phi) is 2.27. The number of nitrogens with one attached hydrogen (secondary N) is 1. The fraction of sp³-hybridized carbons (Fsp3) is 0. The van der Waals surface area contributed by atoms with Crippen molar-refractivity contribution in [2.45, 2.75) is 0 Å². The predicted octanol–water partition coefficient (Wildman–Crippen LogP) is 3.39. The molecule has 0 unspecified atom stereocenters. The number of halogens is 1. The van der Waals surface area contributed by atoms with E-state index in [-0.39, 0.29) is 0 Å². The Morgan fingerprint density at radius 3 is 2.85 bits per heavy atom. The maximum atomic E-state index is 6.01. The molecule has 0 spiro atoms. The van der Waals surface area contributed by atoms with Gasteiger partial charge in [0.25, 0.3) is 0 Å². The lowest BCUT2D eigenvalue weighted by Crippen LogP contribution is -1.86. The van der Waals surface area contributed by atoms with Crippen LogP contribution in [-0.4, -0.2) is 0 Å². The first-order valence-electron chi connectivity index (χ1n) is 3.60. The van der Waals surface area contributed by atoms with Crippen molar-refractivity contribution in [1.82, 2.24) is 0 Å². The molecular formula is C8H7ClN2S2. The number of nitrogen functional groups attached to an aromatic ring is 1. The summed E-state index contributed by atoms with van der Waals surface area (Å²) in [5.41, 5.74) is 6.53. The highest BCUT2D eigenvalue weighted by molar-refractivity contribution is 7.82. The lowest BCUT2D eigenvalue weighted by Gasteiger charge is -1.96. The smallest absolute Gasteiger partial charge is 0.123 e. The monoisotopic (exact) mass is 230 g/mol. The van der Waals surface area contributed by atoms with Crippen LogP contribution in [0.3, 0.4) is 0 Å². The van der Waals surface area contributed by atoms with Crippen LogP contribution in [0.5, 0.6) is 0 Å². The number of thiol groups is 1. The number of benzene rings is 1. The maximum Gasteiger partial charge on any atom is 0.123 e. The molecule has 0 radical (unpaired) electrons. The minimum atomic E-state index is 0.667. The fourth-order valence-corrected chi connectivity index (χ4v) is 2.75. The van der Waals surface area contributed by atoms with Crippen LogP contribution in [0, 0.1) is 0 Å². The van der Waals surface area contributed by atoms with Gasteiger partial charge in [-0.2, -0.15) is 0 Å². The average Bonchev–Trinajstić information content (AvgIpc) is 2.44. The average molecular weight is 231 g/mol. The Bertz CT molecular complexity index is 453. The molecule has 0 atom stereocenters. The first-order valence-corrected chi connectivity index (χ1v) is 5.25. The zero-order valence-electron chi connectivity index (χ0n) is 6.54. The predicted molar refractivity (Wildman–Crippen MR) is 63.9 cm³/mol. The number of thiophene rings is 1. The SMILES string of the molecule is Nc1c(NS)sc2cccc(Cl)c12. The summed E-state index contributed by atoms with van der Waals surface area (Å²) in [5, 5.41) is 2.43. The van der Waals surface area contributed by atoms with Gasteiger partial charge in [-0.15, -0.1) is 11.3 Å². The van der Waals surface area contributed by atoms with Crippen molar-refractivity contribution in [3.63, 3.8) is 0 Å². The number of anilines is 2. The highest BCUT2D eigenvalue weighted by Crippen LogP contribution is 2.41. The molecule has 2 nitrogen and oxygen atoms in total. The lowest BCUT2D eigenvalue weighted by molar-refractivity contribution is 1.82. The summed E-state index contributed by atoms with van der Waals surface area (Å²) >= 11 is 11.5. The molecule has 0 aliphatic rings. The first kappa shape index (κ1) is 8.99. The molecular weight excluding hydrogens is 224 g/mol. The number of hydrogen-bond acceptors (Lipinski definition) is 4. The molecule has 1 heterocycles. The largest absolute Gasteiger partial charge is 0.396 e. The van der Waals surface area contributed by atoms with E-state index in [9.17, 15) is 0 Å². The summed E-state index contributed by atoms with van der Waals surface area (Å²) in [6, 6.07) is 5.72. The highest BCUT2D eigenvalue weighted by Gasteiger charge is 2.10. The summed E-state index contributed by atoms with van der Waals surface area (Å²) in [7, 11) is 0. The van der Waals surface area contributed by atoms with Gasteiger partial charge in [0, 0.05) is 10.1 Å². The summed E-state index contributed by atoms with van der Waals surface area (Å²) in [6.45, 7) is 0. The Morgan fingerprint density at radius 2 is 2.23 bits per heavy atom. The van der Waals surface area contributed by atoms with E-state index in [1.807, 2.05) is 18.2 Å².